The van der Waals surface area contributed by atoms with Gasteiger partial charge in [-0.15, -0.1) is 23.2 Å². The molecule has 10 heteroatoms. The number of anilines is 2. The van der Waals surface area contributed by atoms with E-state index in [-0.39, 0.29) is 5.02 Å². The van der Waals surface area contributed by atoms with E-state index in [0.29, 0.717) is 43.7 Å². The number of alkyl halides is 2. The maximum atomic E-state index is 13.0. The minimum absolute atomic E-state index is 0.282. The van der Waals surface area contributed by atoms with Crippen LogP contribution in [0.2, 0.25) is 15.1 Å². The van der Waals surface area contributed by atoms with E-state index in [1.165, 1.54) is 6.07 Å². The van der Waals surface area contributed by atoms with E-state index in [1.54, 1.807) is 55.5 Å². The Labute approximate surface area is 226 Å². The Morgan fingerprint density at radius 3 is 2.26 bits per heavy atom. The summed E-state index contributed by atoms with van der Waals surface area (Å²) >= 11 is 31.3. The summed E-state index contributed by atoms with van der Waals surface area (Å²) < 4.78 is -1.32. The summed E-state index contributed by atoms with van der Waals surface area (Å²) in [5.74, 6) is -2.04. The average Bonchev–Trinajstić information content (AvgIpc) is 3.37. The second kappa shape index (κ2) is 9.89. The first kappa shape index (κ1) is 25.6. The zero-order valence-electron chi connectivity index (χ0n) is 18.0. The third-order valence-corrected chi connectivity index (χ3v) is 7.37. The number of nitriles is 1. The molecule has 2 N–H and O–H groups in total. The van der Waals surface area contributed by atoms with Crippen molar-refractivity contribution in [3.63, 3.8) is 0 Å². The van der Waals surface area contributed by atoms with Crippen LogP contribution in [0.5, 0.6) is 0 Å². The lowest BCUT2D eigenvalue weighted by molar-refractivity contribution is -0.117. The molecule has 178 valence electrons. The van der Waals surface area contributed by atoms with Gasteiger partial charge in [0, 0.05) is 27.2 Å². The fourth-order valence-electron chi connectivity index (χ4n) is 3.92. The molecule has 0 bridgehead atoms. The molecule has 1 aliphatic carbocycles. The Bertz CT molecular complexity index is 1380. The maximum absolute atomic E-state index is 13.0. The molecule has 3 aromatic carbocycles. The largest absolute Gasteiger partial charge is 0.326 e. The Kier molecular flexibility index (Phi) is 7.24. The van der Waals surface area contributed by atoms with Crippen molar-refractivity contribution in [1.82, 2.24) is 0 Å². The summed E-state index contributed by atoms with van der Waals surface area (Å²) in [5.41, 5.74) is 2.85. The first-order valence-electron chi connectivity index (χ1n) is 10.3. The Balaban J connectivity index is 1.51. The molecular weight excluding hydrogens is 552 g/mol. The Hall–Kier alpha value is -2.46. The van der Waals surface area contributed by atoms with Crippen LogP contribution in [-0.2, 0) is 4.79 Å². The van der Waals surface area contributed by atoms with E-state index >= 15 is 0 Å². The van der Waals surface area contributed by atoms with Gasteiger partial charge in [-0.1, -0.05) is 34.8 Å². The third-order valence-electron chi connectivity index (χ3n) is 5.66. The van der Waals surface area contributed by atoms with Crippen LogP contribution in [0.1, 0.15) is 33.0 Å². The number of hydrogen-bond acceptors (Lipinski definition) is 3. The highest BCUT2D eigenvalue weighted by Gasteiger charge is 2.67. The SMILES string of the molecule is Cc1cc(C#N)ccc1C(=O)Nc1cc(NC(=O)C2C(c3cc(Cl)cc(Cl)c3)C2(Cl)Cl)ccc1Cl. The van der Waals surface area contributed by atoms with Gasteiger partial charge in [0.25, 0.3) is 5.91 Å². The molecule has 2 amide bonds. The van der Waals surface area contributed by atoms with Gasteiger partial charge in [0.05, 0.1) is 28.3 Å². The molecule has 5 nitrogen and oxygen atoms in total. The van der Waals surface area contributed by atoms with Crippen LogP contribution in [0.25, 0.3) is 0 Å². The van der Waals surface area contributed by atoms with Crippen molar-refractivity contribution in [2.45, 2.75) is 17.2 Å². The molecule has 1 aliphatic rings. The van der Waals surface area contributed by atoms with Crippen molar-refractivity contribution in [2.75, 3.05) is 10.6 Å². The standard InChI is InChI=1S/C25H16Cl5N3O2/c1-12-6-13(11-31)2-4-18(12)23(34)33-20-10-17(3-5-19(20)28)32-24(35)22-21(25(22,29)30)14-7-15(26)9-16(27)8-14/h2-10,21-22H,1H3,(H,32,35)(H,33,34). The summed E-state index contributed by atoms with van der Waals surface area (Å²) in [7, 11) is 0. The fourth-order valence-corrected chi connectivity index (χ4v) is 5.45. The minimum Gasteiger partial charge on any atom is -0.326 e. The van der Waals surface area contributed by atoms with Gasteiger partial charge in [-0.2, -0.15) is 5.26 Å². The maximum Gasteiger partial charge on any atom is 0.255 e. The average molecular weight is 568 g/mol. The van der Waals surface area contributed by atoms with Crippen LogP contribution in [0.3, 0.4) is 0 Å². The zero-order valence-corrected chi connectivity index (χ0v) is 21.8. The van der Waals surface area contributed by atoms with Gasteiger partial charge in [0.1, 0.15) is 4.33 Å². The highest BCUT2D eigenvalue weighted by atomic mass is 35.5. The molecule has 0 saturated heterocycles. The van der Waals surface area contributed by atoms with Gasteiger partial charge in [0.15, 0.2) is 0 Å². The smallest absolute Gasteiger partial charge is 0.255 e. The summed E-state index contributed by atoms with van der Waals surface area (Å²) in [4.78, 5) is 25.8. The van der Waals surface area contributed by atoms with E-state index in [0.717, 1.165) is 0 Å². The molecule has 4 rings (SSSR count). The molecule has 0 heterocycles. The molecule has 2 atom stereocenters. The lowest BCUT2D eigenvalue weighted by atomic mass is 10.0. The number of rotatable bonds is 5. The Morgan fingerprint density at radius 2 is 1.63 bits per heavy atom. The monoisotopic (exact) mass is 565 g/mol. The highest BCUT2D eigenvalue weighted by Crippen LogP contribution is 2.65. The summed E-state index contributed by atoms with van der Waals surface area (Å²) in [6, 6.07) is 16.4. The number of hydrogen-bond donors (Lipinski definition) is 2. The number of nitrogens with one attached hydrogen (secondary N) is 2. The lowest BCUT2D eigenvalue weighted by Gasteiger charge is -2.12. The molecule has 0 radical (unpaired) electrons. The molecule has 1 saturated carbocycles. The van der Waals surface area contributed by atoms with Crippen LogP contribution in [-0.4, -0.2) is 16.1 Å². The number of halogens is 5. The molecule has 0 aliphatic heterocycles. The van der Waals surface area contributed by atoms with Crippen molar-refractivity contribution in [1.29, 1.82) is 5.26 Å². The number of benzene rings is 3. The molecule has 1 fully saturated rings. The normalized spacial score (nSPS) is 17.9. The molecular formula is C25H16Cl5N3O2. The summed E-state index contributed by atoms with van der Waals surface area (Å²) in [6.45, 7) is 1.73. The molecule has 2 unspecified atom stereocenters. The molecule has 35 heavy (non-hydrogen) atoms. The Morgan fingerprint density at radius 1 is 0.943 bits per heavy atom. The van der Waals surface area contributed by atoms with Gasteiger partial charge in [-0.3, -0.25) is 9.59 Å². The fraction of sp³-hybridized carbons (Fsp3) is 0.160. The van der Waals surface area contributed by atoms with Crippen LogP contribution in [0.4, 0.5) is 11.4 Å². The van der Waals surface area contributed by atoms with Crippen molar-refractivity contribution in [2.24, 2.45) is 5.92 Å². The van der Waals surface area contributed by atoms with Gasteiger partial charge < -0.3 is 10.6 Å². The van der Waals surface area contributed by atoms with E-state index in [4.69, 9.17) is 63.3 Å². The number of carbonyl (C=O) groups excluding carboxylic acids is 2. The van der Waals surface area contributed by atoms with Gasteiger partial charge in [-0.25, -0.2) is 0 Å². The predicted molar refractivity (Wildman–Crippen MR) is 141 cm³/mol. The van der Waals surface area contributed by atoms with Gasteiger partial charge in [-0.05, 0) is 72.6 Å². The third kappa shape index (κ3) is 5.38. The van der Waals surface area contributed by atoms with Crippen molar-refractivity contribution in [3.8, 4) is 6.07 Å². The van der Waals surface area contributed by atoms with Crippen LogP contribution in [0, 0.1) is 24.2 Å². The second-order valence-corrected chi connectivity index (χ2v) is 10.8. The van der Waals surface area contributed by atoms with Crippen LogP contribution < -0.4 is 10.6 Å². The van der Waals surface area contributed by atoms with Gasteiger partial charge in [0.2, 0.25) is 5.91 Å². The highest BCUT2D eigenvalue weighted by molar-refractivity contribution is 6.53. The predicted octanol–water partition coefficient (Wildman–Crippen LogP) is 7.61. The lowest BCUT2D eigenvalue weighted by Crippen LogP contribution is -2.18. The summed E-state index contributed by atoms with van der Waals surface area (Å²) in [5, 5.41) is 15.6. The number of aryl methyl sites for hydroxylation is 1. The van der Waals surface area contributed by atoms with Crippen molar-refractivity contribution >= 4 is 81.2 Å². The van der Waals surface area contributed by atoms with E-state index in [9.17, 15) is 9.59 Å². The molecule has 0 aromatic heterocycles. The number of nitrogens with zero attached hydrogens (tertiary/aromatic N) is 1. The van der Waals surface area contributed by atoms with Gasteiger partial charge >= 0.3 is 0 Å². The number of carbonyl (C=O) groups is 2. The topological polar surface area (TPSA) is 82.0 Å². The van der Waals surface area contributed by atoms with Crippen LogP contribution >= 0.6 is 58.0 Å². The van der Waals surface area contributed by atoms with Crippen molar-refractivity contribution < 1.29 is 9.59 Å². The van der Waals surface area contributed by atoms with E-state index < -0.39 is 28.0 Å². The van der Waals surface area contributed by atoms with Crippen LogP contribution in [0.15, 0.2) is 54.6 Å². The second-order valence-electron chi connectivity index (χ2n) is 8.11. The quantitative estimate of drug-likeness (QED) is 0.312. The number of amides is 2. The minimum atomic E-state index is -1.32. The van der Waals surface area contributed by atoms with Crippen molar-refractivity contribution in [3.05, 3.63) is 91.9 Å². The van der Waals surface area contributed by atoms with E-state index in [2.05, 4.69) is 10.6 Å². The molecule has 3 aromatic rings. The first-order valence-corrected chi connectivity index (χ1v) is 12.2. The first-order chi connectivity index (χ1) is 16.5. The van der Waals surface area contributed by atoms with E-state index in [1.807, 2.05) is 6.07 Å². The molecule has 0 spiro atoms. The summed E-state index contributed by atoms with van der Waals surface area (Å²) in [6.07, 6.45) is 0. The zero-order chi connectivity index (χ0) is 25.5.